The molecule has 10 heteroatoms. The van der Waals surface area contributed by atoms with E-state index in [1.54, 1.807) is 30.4 Å². The summed E-state index contributed by atoms with van der Waals surface area (Å²) in [5, 5.41) is 40.3. The van der Waals surface area contributed by atoms with E-state index < -0.39 is 30.9 Å². The van der Waals surface area contributed by atoms with Crippen LogP contribution in [0.5, 0.6) is 5.75 Å². The smallest absolute Gasteiger partial charge is 0.630 e. The van der Waals surface area contributed by atoms with Crippen molar-refractivity contribution in [1.29, 1.82) is 5.26 Å². The standard InChI is InChI=1S/C28H32NO8.Na/c1-34-26(22-16-6-4-8-20(22)19-7-3-2-5-15(19)11-16)17-9-10-18(13-29)21(12-17)36-28-25(33)23(31)24(32)27(37-28)35-14-30;/h9-10,12,16,20,23-25,27-28,31-33H,2-8,11H2,1H3;/q-1;+1/t16?,20?,23-,24-,25?,27?,28+;/m0./s1. The van der Waals surface area contributed by atoms with Gasteiger partial charge in [-0.1, -0.05) is 24.0 Å². The summed E-state index contributed by atoms with van der Waals surface area (Å²) in [6.07, 6.45) is 1.16. The van der Waals surface area contributed by atoms with Crippen LogP contribution in [0.3, 0.4) is 0 Å². The summed E-state index contributed by atoms with van der Waals surface area (Å²) >= 11 is 0. The van der Waals surface area contributed by atoms with Crippen molar-refractivity contribution in [3.8, 4) is 11.8 Å². The van der Waals surface area contributed by atoms with Gasteiger partial charge in [-0.2, -0.15) is 5.26 Å². The number of aliphatic hydroxyl groups excluding tert-OH is 3. The third-order valence-corrected chi connectivity index (χ3v) is 8.17. The van der Waals surface area contributed by atoms with E-state index >= 15 is 0 Å². The summed E-state index contributed by atoms with van der Waals surface area (Å²) in [5.74, 6) is 1.67. The van der Waals surface area contributed by atoms with Gasteiger partial charge < -0.3 is 39.1 Å². The van der Waals surface area contributed by atoms with E-state index in [2.05, 4.69) is 10.8 Å². The van der Waals surface area contributed by atoms with E-state index in [1.807, 2.05) is 6.07 Å². The van der Waals surface area contributed by atoms with Crippen molar-refractivity contribution in [3.63, 3.8) is 0 Å². The number of benzene rings is 1. The minimum absolute atomic E-state index is 0. The average molecular weight is 534 g/mol. The van der Waals surface area contributed by atoms with Crippen molar-refractivity contribution in [1.82, 2.24) is 0 Å². The van der Waals surface area contributed by atoms with Gasteiger partial charge >= 0.3 is 29.6 Å². The number of allylic oxidation sites excluding steroid dienone is 3. The van der Waals surface area contributed by atoms with Gasteiger partial charge in [-0.25, -0.2) is 0 Å². The normalized spacial score (nSPS) is 33.7. The predicted molar refractivity (Wildman–Crippen MR) is 130 cm³/mol. The Labute approximate surface area is 244 Å². The van der Waals surface area contributed by atoms with E-state index in [-0.39, 0.29) is 40.9 Å². The molecule has 1 aromatic rings. The predicted octanol–water partition coefficient (Wildman–Crippen LogP) is -0.162. The molecule has 2 fully saturated rings. The van der Waals surface area contributed by atoms with Crippen molar-refractivity contribution in [2.75, 3.05) is 7.11 Å². The minimum Gasteiger partial charge on any atom is -0.630 e. The zero-order valence-corrected chi connectivity index (χ0v) is 23.8. The molecule has 198 valence electrons. The monoisotopic (exact) mass is 533 g/mol. The van der Waals surface area contributed by atoms with Crippen molar-refractivity contribution < 1.29 is 68.6 Å². The molecule has 1 aliphatic heterocycles. The van der Waals surface area contributed by atoms with E-state index in [0.717, 1.165) is 43.5 Å². The minimum atomic E-state index is -1.71. The van der Waals surface area contributed by atoms with E-state index in [0.29, 0.717) is 11.8 Å². The van der Waals surface area contributed by atoms with Crippen LogP contribution in [0.2, 0.25) is 0 Å². The molecule has 3 aliphatic carbocycles. The Morgan fingerprint density at radius 2 is 1.84 bits per heavy atom. The Morgan fingerprint density at radius 1 is 1.08 bits per heavy atom. The number of aliphatic hydroxyl groups is 3. The number of hydrogen-bond acceptors (Lipinski definition) is 9. The molecule has 0 amide bonds. The summed E-state index contributed by atoms with van der Waals surface area (Å²) in [6, 6.07) is 7.17. The van der Waals surface area contributed by atoms with Crippen molar-refractivity contribution in [2.24, 2.45) is 11.8 Å². The molecule has 4 unspecified atom stereocenters. The maximum atomic E-state index is 10.7. The first kappa shape index (κ1) is 29.1. The zero-order chi connectivity index (χ0) is 26.1. The Kier molecular flexibility index (Phi) is 9.58. The molecule has 2 bridgehead atoms. The fourth-order valence-corrected chi connectivity index (χ4v) is 6.46. The van der Waals surface area contributed by atoms with Gasteiger partial charge in [-0.15, -0.1) is 0 Å². The maximum absolute atomic E-state index is 10.7. The second-order valence-corrected chi connectivity index (χ2v) is 10.2. The number of ether oxygens (including phenoxy) is 4. The largest absolute Gasteiger partial charge is 1.00 e. The maximum Gasteiger partial charge on any atom is 1.00 e. The third kappa shape index (κ3) is 5.41. The molecule has 38 heavy (non-hydrogen) atoms. The molecular formula is C28H32NNaO8. The van der Waals surface area contributed by atoms with E-state index in [4.69, 9.17) is 14.2 Å². The van der Waals surface area contributed by atoms with Gasteiger partial charge in [-0.3, -0.25) is 0 Å². The van der Waals surface area contributed by atoms with Gasteiger partial charge in [0.15, 0.2) is 6.29 Å². The summed E-state index contributed by atoms with van der Waals surface area (Å²) in [5.41, 5.74) is 5.45. The topological polar surface area (TPSA) is 138 Å². The summed E-state index contributed by atoms with van der Waals surface area (Å²) in [4.78, 5) is 10.7. The molecule has 0 aromatic heterocycles. The first-order valence-corrected chi connectivity index (χ1v) is 12.9. The Bertz CT molecular complexity index is 1140. The van der Waals surface area contributed by atoms with Crippen LogP contribution in [0.1, 0.15) is 62.5 Å². The van der Waals surface area contributed by atoms with Gasteiger partial charge in [0.2, 0.25) is 6.29 Å². The number of rotatable bonds is 6. The van der Waals surface area contributed by atoms with Crippen LogP contribution in [0, 0.1) is 23.2 Å². The van der Waals surface area contributed by atoms with Gasteiger partial charge in [0.05, 0.1) is 12.7 Å². The third-order valence-electron chi connectivity index (χ3n) is 8.17. The number of nitrogens with zero attached hydrogens (tertiary/aromatic N) is 1. The molecule has 7 atom stereocenters. The molecule has 0 radical (unpaired) electrons. The van der Waals surface area contributed by atoms with Crippen molar-refractivity contribution >= 4 is 12.2 Å². The first-order chi connectivity index (χ1) is 18.0. The molecule has 5 rings (SSSR count). The van der Waals surface area contributed by atoms with E-state index in [1.165, 1.54) is 31.3 Å². The summed E-state index contributed by atoms with van der Waals surface area (Å²) in [6.45, 7) is 1.16. The molecule has 1 saturated carbocycles. The van der Waals surface area contributed by atoms with Crippen LogP contribution < -0.4 is 34.3 Å². The SMILES string of the molecule is COC(=C1C2CCCC1C1=C(CCCC1)C2)c1ccc(C#N)c(O[C@@H]2OC(O[C-]=O)[C@@H](O)[C@H](O)C2O)c1.[Na+]. The van der Waals surface area contributed by atoms with Crippen LogP contribution in [0.4, 0.5) is 0 Å². The van der Waals surface area contributed by atoms with Crippen LogP contribution in [-0.2, 0) is 19.0 Å². The Morgan fingerprint density at radius 3 is 2.58 bits per heavy atom. The molecule has 9 nitrogen and oxygen atoms in total. The Balaban J connectivity index is 0.00000336. The fourth-order valence-electron chi connectivity index (χ4n) is 6.46. The second-order valence-electron chi connectivity index (χ2n) is 10.2. The number of hydrogen-bond donors (Lipinski definition) is 3. The summed E-state index contributed by atoms with van der Waals surface area (Å²) < 4.78 is 21.8. The quantitative estimate of drug-likeness (QED) is 0.197. The molecule has 1 heterocycles. The number of nitriles is 1. The van der Waals surface area contributed by atoms with Crippen LogP contribution in [0.15, 0.2) is 34.9 Å². The van der Waals surface area contributed by atoms with Gasteiger partial charge in [-0.05, 0) is 74.6 Å². The molecule has 1 aromatic carbocycles. The molecular weight excluding hydrogens is 501 g/mol. The molecule has 0 spiro atoms. The molecule has 1 saturated heterocycles. The van der Waals surface area contributed by atoms with Gasteiger partial charge in [0, 0.05) is 11.5 Å². The van der Waals surface area contributed by atoms with Crippen LogP contribution in [-0.4, -0.2) is 59.8 Å². The number of fused-ring (bicyclic) bond motifs is 3. The second kappa shape index (κ2) is 12.5. The zero-order valence-electron chi connectivity index (χ0n) is 21.8. The first-order valence-electron chi connectivity index (χ1n) is 12.9. The summed E-state index contributed by atoms with van der Waals surface area (Å²) in [7, 11) is 1.66. The average Bonchev–Trinajstić information content (AvgIpc) is 2.91. The van der Waals surface area contributed by atoms with Crippen LogP contribution in [0.25, 0.3) is 5.76 Å². The Hall–Kier alpha value is -1.90. The van der Waals surface area contributed by atoms with Crippen molar-refractivity contribution in [3.05, 3.63) is 46.0 Å². The fraction of sp³-hybridized carbons (Fsp3) is 0.571. The van der Waals surface area contributed by atoms with Crippen LogP contribution >= 0.6 is 0 Å². The number of carbonyl (C=O) groups excluding carboxylic acids is 1. The number of methoxy groups -OCH3 is 1. The molecule has 4 aliphatic rings. The van der Waals surface area contributed by atoms with E-state index in [9.17, 15) is 25.4 Å². The van der Waals surface area contributed by atoms with Crippen molar-refractivity contribution in [2.45, 2.75) is 82.3 Å². The van der Waals surface area contributed by atoms with Gasteiger partial charge in [0.25, 0.3) is 0 Å². The molecule has 3 N–H and O–H groups in total. The van der Waals surface area contributed by atoms with Gasteiger partial charge in [0.1, 0.15) is 35.9 Å².